The fourth-order valence-electron chi connectivity index (χ4n) is 3.98. The predicted octanol–water partition coefficient (Wildman–Crippen LogP) is 3.15. The van der Waals surface area contributed by atoms with Crippen molar-refractivity contribution in [2.75, 3.05) is 18.0 Å². The molecule has 3 aromatic rings. The van der Waals surface area contributed by atoms with E-state index in [1.165, 1.54) is 16.9 Å². The van der Waals surface area contributed by atoms with E-state index in [0.717, 1.165) is 41.0 Å². The van der Waals surface area contributed by atoms with Crippen LogP contribution in [0.4, 0.5) is 5.82 Å². The van der Waals surface area contributed by atoms with Gasteiger partial charge in [0.1, 0.15) is 10.6 Å². The number of rotatable bonds is 3. The number of anilines is 1. The molecule has 1 saturated heterocycles. The number of aryl methyl sites for hydroxylation is 2. The highest BCUT2D eigenvalue weighted by molar-refractivity contribution is 7.19. The number of fused-ring (bicyclic) bond motifs is 3. The number of carboxylic acids is 1. The molecule has 6 nitrogen and oxygen atoms in total. The van der Waals surface area contributed by atoms with E-state index in [1.54, 1.807) is 23.7 Å². The SMILES string of the molecule is O=C(O)C1CCN(c2nc(-c3cccnc3)nc3sc4c(c23)CCC4)C1. The maximum absolute atomic E-state index is 11.4. The average Bonchev–Trinajstić information content (AvgIpc) is 3.37. The summed E-state index contributed by atoms with van der Waals surface area (Å²) >= 11 is 1.76. The van der Waals surface area contributed by atoms with E-state index >= 15 is 0 Å². The highest BCUT2D eigenvalue weighted by Crippen LogP contribution is 2.42. The summed E-state index contributed by atoms with van der Waals surface area (Å²) in [7, 11) is 0. The zero-order chi connectivity index (χ0) is 17.7. The second-order valence-corrected chi connectivity index (χ2v) is 8.00. The van der Waals surface area contributed by atoms with Gasteiger partial charge in [-0.2, -0.15) is 0 Å². The summed E-state index contributed by atoms with van der Waals surface area (Å²) < 4.78 is 0. The summed E-state index contributed by atoms with van der Waals surface area (Å²) in [6, 6.07) is 3.84. The maximum Gasteiger partial charge on any atom is 0.308 e. The molecule has 1 unspecified atom stereocenters. The van der Waals surface area contributed by atoms with E-state index < -0.39 is 5.97 Å². The first-order valence-electron chi connectivity index (χ1n) is 8.91. The summed E-state index contributed by atoms with van der Waals surface area (Å²) in [4.78, 5) is 29.8. The Balaban J connectivity index is 1.68. The normalized spacial score (nSPS) is 19.2. The van der Waals surface area contributed by atoms with Gasteiger partial charge in [0.2, 0.25) is 0 Å². The van der Waals surface area contributed by atoms with Crippen molar-refractivity contribution < 1.29 is 9.90 Å². The molecule has 5 rings (SSSR count). The van der Waals surface area contributed by atoms with Crippen LogP contribution in [-0.2, 0) is 17.6 Å². The Kier molecular flexibility index (Phi) is 3.63. The molecule has 7 heteroatoms. The molecule has 3 aromatic heterocycles. The lowest BCUT2D eigenvalue weighted by molar-refractivity contribution is -0.140. The number of nitrogens with zero attached hydrogens (tertiary/aromatic N) is 4. The van der Waals surface area contributed by atoms with Gasteiger partial charge in [0, 0.05) is 35.9 Å². The molecular weight excluding hydrogens is 348 g/mol. The second kappa shape index (κ2) is 6.02. The van der Waals surface area contributed by atoms with Crippen LogP contribution in [0, 0.1) is 5.92 Å². The van der Waals surface area contributed by atoms with Crippen LogP contribution in [0.15, 0.2) is 24.5 Å². The molecular formula is C19H18N4O2S. The summed E-state index contributed by atoms with van der Waals surface area (Å²) in [5.41, 5.74) is 2.26. The van der Waals surface area contributed by atoms with E-state index in [9.17, 15) is 9.90 Å². The molecule has 0 aromatic carbocycles. The van der Waals surface area contributed by atoms with Crippen LogP contribution in [0.5, 0.6) is 0 Å². The van der Waals surface area contributed by atoms with E-state index in [0.29, 0.717) is 18.8 Å². The van der Waals surface area contributed by atoms with Gasteiger partial charge >= 0.3 is 5.97 Å². The molecule has 0 spiro atoms. The van der Waals surface area contributed by atoms with Gasteiger partial charge in [-0.3, -0.25) is 9.78 Å². The molecule has 1 N–H and O–H groups in total. The fourth-order valence-corrected chi connectivity index (χ4v) is 5.24. The van der Waals surface area contributed by atoms with Gasteiger partial charge in [-0.25, -0.2) is 9.97 Å². The number of aliphatic carboxylic acids is 1. The van der Waals surface area contributed by atoms with Crippen molar-refractivity contribution in [2.45, 2.75) is 25.7 Å². The first-order chi connectivity index (χ1) is 12.7. The Morgan fingerprint density at radius 1 is 1.31 bits per heavy atom. The first-order valence-corrected chi connectivity index (χ1v) is 9.73. The minimum Gasteiger partial charge on any atom is -0.481 e. The van der Waals surface area contributed by atoms with Crippen molar-refractivity contribution in [1.29, 1.82) is 0 Å². The van der Waals surface area contributed by atoms with E-state index in [4.69, 9.17) is 9.97 Å². The number of aromatic nitrogens is 3. The fraction of sp³-hybridized carbons (Fsp3) is 0.368. The van der Waals surface area contributed by atoms with Crippen LogP contribution in [0.2, 0.25) is 0 Å². The molecule has 0 radical (unpaired) electrons. The average molecular weight is 366 g/mol. The molecule has 0 amide bonds. The molecule has 0 saturated carbocycles. The molecule has 1 atom stereocenters. The Labute approximate surface area is 154 Å². The zero-order valence-electron chi connectivity index (χ0n) is 14.2. The number of pyridine rings is 1. The minimum absolute atomic E-state index is 0.325. The molecule has 132 valence electrons. The van der Waals surface area contributed by atoms with Crippen molar-refractivity contribution in [3.05, 3.63) is 35.0 Å². The Morgan fingerprint density at radius 3 is 3.00 bits per heavy atom. The van der Waals surface area contributed by atoms with Gasteiger partial charge in [-0.05, 0) is 43.4 Å². The standard InChI is InChI=1S/C19H18N4O2S/c24-19(25)12-6-8-23(10-12)17-15-13-4-1-5-14(13)26-18(15)22-16(21-17)11-3-2-7-20-9-11/h2-3,7,9,12H,1,4-6,8,10H2,(H,24,25). The summed E-state index contributed by atoms with van der Waals surface area (Å²) in [5.74, 6) is 0.519. The Bertz CT molecular complexity index is 1000. The summed E-state index contributed by atoms with van der Waals surface area (Å²) in [6.07, 6.45) is 7.52. The van der Waals surface area contributed by atoms with E-state index in [-0.39, 0.29) is 5.92 Å². The van der Waals surface area contributed by atoms with Crippen molar-refractivity contribution in [1.82, 2.24) is 15.0 Å². The van der Waals surface area contributed by atoms with Gasteiger partial charge in [0.25, 0.3) is 0 Å². The monoisotopic (exact) mass is 366 g/mol. The lowest BCUT2D eigenvalue weighted by Crippen LogP contribution is -2.24. The van der Waals surface area contributed by atoms with Gasteiger partial charge in [-0.15, -0.1) is 11.3 Å². The van der Waals surface area contributed by atoms with Crippen molar-refractivity contribution in [3.8, 4) is 11.4 Å². The maximum atomic E-state index is 11.4. The lowest BCUT2D eigenvalue weighted by atomic mass is 10.1. The van der Waals surface area contributed by atoms with Crippen LogP contribution in [0.25, 0.3) is 21.6 Å². The lowest BCUT2D eigenvalue weighted by Gasteiger charge is -2.19. The number of hydrogen-bond donors (Lipinski definition) is 1. The van der Waals surface area contributed by atoms with E-state index in [2.05, 4.69) is 9.88 Å². The third-order valence-corrected chi connectivity index (χ3v) is 6.49. The largest absolute Gasteiger partial charge is 0.481 e. The number of thiophene rings is 1. The second-order valence-electron chi connectivity index (χ2n) is 6.92. The smallest absolute Gasteiger partial charge is 0.308 e. The molecule has 1 aliphatic heterocycles. The molecule has 2 aliphatic rings. The minimum atomic E-state index is -0.721. The van der Waals surface area contributed by atoms with Crippen LogP contribution in [0.1, 0.15) is 23.3 Å². The van der Waals surface area contributed by atoms with E-state index in [1.807, 2.05) is 12.1 Å². The molecule has 4 heterocycles. The number of hydrogen-bond acceptors (Lipinski definition) is 6. The molecule has 0 bridgehead atoms. The third-order valence-electron chi connectivity index (χ3n) is 5.30. The van der Waals surface area contributed by atoms with Crippen molar-refractivity contribution >= 4 is 33.3 Å². The van der Waals surface area contributed by atoms with Crippen LogP contribution in [0.3, 0.4) is 0 Å². The quantitative estimate of drug-likeness (QED) is 0.767. The van der Waals surface area contributed by atoms with Crippen LogP contribution >= 0.6 is 11.3 Å². The topological polar surface area (TPSA) is 79.2 Å². The molecule has 26 heavy (non-hydrogen) atoms. The Morgan fingerprint density at radius 2 is 2.23 bits per heavy atom. The van der Waals surface area contributed by atoms with Crippen LogP contribution < -0.4 is 4.90 Å². The molecule has 1 fully saturated rings. The van der Waals surface area contributed by atoms with Crippen LogP contribution in [-0.4, -0.2) is 39.1 Å². The van der Waals surface area contributed by atoms with Crippen molar-refractivity contribution in [2.24, 2.45) is 5.92 Å². The highest BCUT2D eigenvalue weighted by Gasteiger charge is 2.32. The Hall–Kier alpha value is -2.54. The number of carboxylic acid groups (broad SMARTS) is 1. The summed E-state index contributed by atoms with van der Waals surface area (Å²) in [5, 5.41) is 10.5. The molecule has 1 aliphatic carbocycles. The summed E-state index contributed by atoms with van der Waals surface area (Å²) in [6.45, 7) is 1.23. The third kappa shape index (κ3) is 2.46. The first kappa shape index (κ1) is 15.7. The van der Waals surface area contributed by atoms with Gasteiger partial charge < -0.3 is 10.0 Å². The van der Waals surface area contributed by atoms with Gasteiger partial charge in [0.05, 0.1) is 11.3 Å². The highest BCUT2D eigenvalue weighted by atomic mass is 32.1. The zero-order valence-corrected chi connectivity index (χ0v) is 15.0. The predicted molar refractivity (Wildman–Crippen MR) is 101 cm³/mol. The number of carbonyl (C=O) groups is 1. The van der Waals surface area contributed by atoms with Gasteiger partial charge in [0.15, 0.2) is 5.82 Å². The van der Waals surface area contributed by atoms with Gasteiger partial charge in [-0.1, -0.05) is 0 Å². The van der Waals surface area contributed by atoms with Crippen molar-refractivity contribution in [3.63, 3.8) is 0 Å².